The third-order valence-electron chi connectivity index (χ3n) is 6.17. The number of rotatable bonds is 5. The topological polar surface area (TPSA) is 95.1 Å². The van der Waals surface area contributed by atoms with E-state index in [1.807, 2.05) is 12.2 Å². The van der Waals surface area contributed by atoms with E-state index in [4.69, 9.17) is 0 Å². The van der Waals surface area contributed by atoms with E-state index in [0.717, 1.165) is 9.87 Å². The van der Waals surface area contributed by atoms with Crippen LogP contribution >= 0.6 is 0 Å². The molecular weight excluding hydrogens is 406 g/mol. The molecule has 4 rings (SSSR count). The van der Waals surface area contributed by atoms with Gasteiger partial charge < -0.3 is 4.90 Å². The fourth-order valence-corrected chi connectivity index (χ4v) is 5.39. The highest BCUT2D eigenvalue weighted by Crippen LogP contribution is 2.35. The van der Waals surface area contributed by atoms with E-state index in [1.54, 1.807) is 17.0 Å². The van der Waals surface area contributed by atoms with Crippen LogP contribution in [0.4, 0.5) is 5.69 Å². The summed E-state index contributed by atoms with van der Waals surface area (Å²) in [6.07, 6.45) is 5.66. The molecule has 0 unspecified atom stereocenters. The summed E-state index contributed by atoms with van der Waals surface area (Å²) in [7, 11) is -0.582. The molecule has 0 aromatic heterocycles. The summed E-state index contributed by atoms with van der Waals surface area (Å²) in [5.41, 5.74) is 1.49. The molecule has 3 aliphatic rings. The molecule has 9 heteroatoms. The molecule has 30 heavy (non-hydrogen) atoms. The molecule has 0 bridgehead atoms. The average Bonchev–Trinajstić information content (AvgIpc) is 3.26. The van der Waals surface area contributed by atoms with E-state index >= 15 is 0 Å². The number of carbonyl (C=O) groups excluding carboxylic acids is 3. The molecule has 2 atom stereocenters. The van der Waals surface area contributed by atoms with Gasteiger partial charge in [0.1, 0.15) is 0 Å². The number of nitrogens with zero attached hydrogens (tertiary/aromatic N) is 3. The lowest BCUT2D eigenvalue weighted by molar-refractivity contribution is -0.140. The zero-order chi connectivity index (χ0) is 21.6. The molecule has 8 nitrogen and oxygen atoms in total. The lowest BCUT2D eigenvalue weighted by Crippen LogP contribution is -2.37. The number of hydrogen-bond acceptors (Lipinski definition) is 5. The molecule has 1 aromatic rings. The van der Waals surface area contributed by atoms with Crippen LogP contribution in [0.2, 0.25) is 0 Å². The molecule has 2 heterocycles. The minimum absolute atomic E-state index is 0.0571. The molecular formula is C21H25N3O5S. The molecule has 1 saturated heterocycles. The van der Waals surface area contributed by atoms with Gasteiger partial charge in [-0.2, -0.15) is 0 Å². The van der Waals surface area contributed by atoms with E-state index in [2.05, 4.69) is 0 Å². The van der Waals surface area contributed by atoms with Crippen LogP contribution in [0.15, 0.2) is 35.2 Å². The Balaban J connectivity index is 1.44. The number of imide groups is 1. The van der Waals surface area contributed by atoms with Crippen LogP contribution in [0.5, 0.6) is 0 Å². The Morgan fingerprint density at radius 2 is 1.73 bits per heavy atom. The Morgan fingerprint density at radius 3 is 2.33 bits per heavy atom. The van der Waals surface area contributed by atoms with Gasteiger partial charge in [0.05, 0.1) is 16.7 Å². The highest BCUT2D eigenvalue weighted by molar-refractivity contribution is 7.89. The van der Waals surface area contributed by atoms with Crippen molar-refractivity contribution in [3.8, 4) is 0 Å². The molecule has 1 fully saturated rings. The molecule has 0 N–H and O–H groups in total. The number of fused-ring (bicyclic) bond motifs is 2. The van der Waals surface area contributed by atoms with E-state index in [0.29, 0.717) is 31.5 Å². The maximum Gasteiger partial charge on any atom is 0.242 e. The van der Waals surface area contributed by atoms with Gasteiger partial charge in [0.2, 0.25) is 27.7 Å². The maximum absolute atomic E-state index is 12.8. The number of carbonyl (C=O) groups is 3. The zero-order valence-corrected chi connectivity index (χ0v) is 17.9. The summed E-state index contributed by atoms with van der Waals surface area (Å²) in [4.78, 5) is 41.0. The first-order valence-electron chi connectivity index (χ1n) is 10.1. The van der Waals surface area contributed by atoms with Gasteiger partial charge in [0.15, 0.2) is 0 Å². The van der Waals surface area contributed by atoms with Crippen molar-refractivity contribution in [3.05, 3.63) is 35.9 Å². The van der Waals surface area contributed by atoms with Gasteiger partial charge in [-0.3, -0.25) is 19.3 Å². The predicted octanol–water partition coefficient (Wildman–Crippen LogP) is 1.17. The molecule has 1 aliphatic carbocycles. The third-order valence-corrected chi connectivity index (χ3v) is 7.99. The number of likely N-dealkylation sites (tertiary alicyclic amines) is 1. The summed E-state index contributed by atoms with van der Waals surface area (Å²) in [5, 5.41) is 0. The van der Waals surface area contributed by atoms with Crippen LogP contribution in [0.1, 0.15) is 24.8 Å². The Hall–Kier alpha value is -2.52. The van der Waals surface area contributed by atoms with Gasteiger partial charge in [0.25, 0.3) is 0 Å². The molecule has 1 aromatic carbocycles. The molecule has 0 spiro atoms. The number of benzene rings is 1. The second-order valence-corrected chi connectivity index (χ2v) is 10.3. The van der Waals surface area contributed by atoms with Crippen molar-refractivity contribution in [1.82, 2.24) is 9.21 Å². The summed E-state index contributed by atoms with van der Waals surface area (Å²) in [6.45, 7) is 0.541. The number of sulfonamides is 1. The first kappa shape index (κ1) is 20.7. The Bertz CT molecular complexity index is 1020. The maximum atomic E-state index is 12.8. The van der Waals surface area contributed by atoms with Crippen LogP contribution in [0.3, 0.4) is 0 Å². The summed E-state index contributed by atoms with van der Waals surface area (Å²) in [6, 6.07) is 4.77. The molecule has 0 saturated carbocycles. The van der Waals surface area contributed by atoms with E-state index in [1.165, 1.54) is 25.1 Å². The Labute approximate surface area is 176 Å². The number of allylic oxidation sites excluding steroid dienone is 2. The zero-order valence-electron chi connectivity index (χ0n) is 17.1. The number of hydrogen-bond donors (Lipinski definition) is 0. The normalized spacial score (nSPS) is 23.3. The second-order valence-electron chi connectivity index (χ2n) is 8.11. The number of anilines is 1. The van der Waals surface area contributed by atoms with Gasteiger partial charge in [-0.05, 0) is 43.0 Å². The van der Waals surface area contributed by atoms with Gasteiger partial charge in [-0.1, -0.05) is 12.2 Å². The monoisotopic (exact) mass is 431 g/mol. The van der Waals surface area contributed by atoms with Crippen LogP contribution in [0, 0.1) is 11.8 Å². The van der Waals surface area contributed by atoms with Crippen molar-refractivity contribution in [1.29, 1.82) is 0 Å². The van der Waals surface area contributed by atoms with Gasteiger partial charge in [-0.25, -0.2) is 12.7 Å². The minimum Gasteiger partial charge on any atom is -0.312 e. The van der Waals surface area contributed by atoms with Gasteiger partial charge >= 0.3 is 0 Å². The van der Waals surface area contributed by atoms with Crippen molar-refractivity contribution in [2.45, 2.75) is 30.6 Å². The Morgan fingerprint density at radius 1 is 1.10 bits per heavy atom. The first-order chi connectivity index (χ1) is 14.2. The molecule has 0 radical (unpaired) electrons. The van der Waals surface area contributed by atoms with E-state index in [-0.39, 0.29) is 47.4 Å². The largest absolute Gasteiger partial charge is 0.312 e. The predicted molar refractivity (Wildman–Crippen MR) is 110 cm³/mol. The van der Waals surface area contributed by atoms with Crippen molar-refractivity contribution in [3.63, 3.8) is 0 Å². The quantitative estimate of drug-likeness (QED) is 0.515. The average molecular weight is 432 g/mol. The van der Waals surface area contributed by atoms with Crippen LogP contribution in [0.25, 0.3) is 0 Å². The molecule has 160 valence electrons. The SMILES string of the molecule is CN(C)S(=O)(=O)c1ccc2c(c1)CCN2C(=O)CCN1C(=O)[C@H]2CC=CC[C@H]2C1=O. The standard InChI is InChI=1S/C21H25N3O5S/c1-22(2)30(28,29)15-7-8-18-14(13-15)9-11-23(18)19(25)10-12-24-20(26)16-5-3-4-6-17(16)21(24)27/h3-4,7-8,13,16-17H,5-6,9-12H2,1-2H3/t16-,17+. The van der Waals surface area contributed by atoms with Gasteiger partial charge in [-0.15, -0.1) is 0 Å². The summed E-state index contributed by atoms with van der Waals surface area (Å²) >= 11 is 0. The first-order valence-corrected chi connectivity index (χ1v) is 11.5. The highest BCUT2D eigenvalue weighted by Gasteiger charge is 2.47. The number of amides is 3. The lowest BCUT2D eigenvalue weighted by atomic mass is 9.85. The fraction of sp³-hybridized carbons (Fsp3) is 0.476. The highest BCUT2D eigenvalue weighted by atomic mass is 32.2. The van der Waals surface area contributed by atoms with E-state index < -0.39 is 10.0 Å². The molecule has 2 aliphatic heterocycles. The Kier molecular flexibility index (Phi) is 5.27. The summed E-state index contributed by atoms with van der Waals surface area (Å²) < 4.78 is 25.8. The van der Waals surface area contributed by atoms with Crippen molar-refractivity contribution in [2.24, 2.45) is 11.8 Å². The van der Waals surface area contributed by atoms with Crippen LogP contribution in [-0.4, -0.2) is 62.5 Å². The second kappa shape index (κ2) is 7.63. The van der Waals surface area contributed by atoms with Crippen molar-refractivity contribution < 1.29 is 22.8 Å². The van der Waals surface area contributed by atoms with Crippen molar-refractivity contribution in [2.75, 3.05) is 32.1 Å². The van der Waals surface area contributed by atoms with Crippen LogP contribution in [-0.2, 0) is 30.8 Å². The fourth-order valence-electron chi connectivity index (χ4n) is 4.44. The lowest BCUT2D eigenvalue weighted by Gasteiger charge is -2.20. The summed E-state index contributed by atoms with van der Waals surface area (Å²) in [5.74, 6) is -1.11. The van der Waals surface area contributed by atoms with Gasteiger partial charge in [0, 0.05) is 39.3 Å². The van der Waals surface area contributed by atoms with Crippen LogP contribution < -0.4 is 4.90 Å². The molecule has 3 amide bonds. The third kappa shape index (κ3) is 3.35. The minimum atomic E-state index is -3.54. The smallest absolute Gasteiger partial charge is 0.242 e. The van der Waals surface area contributed by atoms with E-state index in [9.17, 15) is 22.8 Å². The van der Waals surface area contributed by atoms with Crippen molar-refractivity contribution >= 4 is 33.4 Å².